The molecule has 2 N–H and O–H groups in total. The van der Waals surface area contributed by atoms with Gasteiger partial charge in [0.1, 0.15) is 17.7 Å². The number of nitrogens with one attached hydrogen (secondary N) is 2. The highest BCUT2D eigenvalue weighted by atomic mass is 127. The number of hydrogen-bond donors (Lipinski definition) is 2. The quantitative estimate of drug-likeness (QED) is 0.199. The third-order valence-corrected chi connectivity index (χ3v) is 4.65. The van der Waals surface area contributed by atoms with E-state index < -0.39 is 0 Å². The maximum atomic E-state index is 13.0. The summed E-state index contributed by atoms with van der Waals surface area (Å²) in [6.45, 7) is 9.87. The predicted octanol–water partition coefficient (Wildman–Crippen LogP) is 1.56. The van der Waals surface area contributed by atoms with Crippen molar-refractivity contribution in [1.82, 2.24) is 20.4 Å². The van der Waals surface area contributed by atoms with Crippen molar-refractivity contribution in [3.63, 3.8) is 0 Å². The molecule has 1 aromatic rings. The minimum atomic E-state index is -0.283. The second kappa shape index (κ2) is 15.2. The first-order valence-corrected chi connectivity index (χ1v) is 10.4. The second-order valence-electron chi connectivity index (χ2n) is 7.18. The van der Waals surface area contributed by atoms with E-state index in [1.165, 1.54) is 12.1 Å². The highest BCUT2D eigenvalue weighted by Gasteiger charge is 2.21. The highest BCUT2D eigenvalue weighted by Crippen LogP contribution is 2.13. The van der Waals surface area contributed by atoms with Crippen molar-refractivity contribution in [2.45, 2.75) is 20.0 Å². The van der Waals surface area contributed by atoms with E-state index in [0.717, 1.165) is 38.7 Å². The Hall–Kier alpha value is -1.66. The Balaban J connectivity index is 0.00000480. The summed E-state index contributed by atoms with van der Waals surface area (Å²) in [6.07, 6.45) is -0.138. The van der Waals surface area contributed by atoms with Gasteiger partial charge in [-0.25, -0.2) is 9.38 Å². The average Bonchev–Trinajstić information content (AvgIpc) is 2.73. The number of benzene rings is 1. The Bertz CT molecular complexity index is 669. The van der Waals surface area contributed by atoms with Gasteiger partial charge in [0.2, 0.25) is 5.91 Å². The summed E-state index contributed by atoms with van der Waals surface area (Å²) in [6, 6.07) is 6.00. The van der Waals surface area contributed by atoms with E-state index >= 15 is 0 Å². The van der Waals surface area contributed by atoms with Gasteiger partial charge in [-0.05, 0) is 38.1 Å². The van der Waals surface area contributed by atoms with Gasteiger partial charge in [0.25, 0.3) is 0 Å². The number of piperazine rings is 1. The summed E-state index contributed by atoms with van der Waals surface area (Å²) in [7, 11) is 1.62. The Labute approximate surface area is 201 Å². The van der Waals surface area contributed by atoms with Crippen LogP contribution in [-0.2, 0) is 9.53 Å². The summed E-state index contributed by atoms with van der Waals surface area (Å²) < 4.78 is 23.8. The van der Waals surface area contributed by atoms with E-state index in [-0.39, 0.29) is 41.8 Å². The molecule has 0 bridgehead atoms. The zero-order valence-corrected chi connectivity index (χ0v) is 20.9. The summed E-state index contributed by atoms with van der Waals surface area (Å²) in [4.78, 5) is 21.0. The van der Waals surface area contributed by atoms with E-state index in [0.29, 0.717) is 32.0 Å². The largest absolute Gasteiger partial charge is 0.489 e. The van der Waals surface area contributed by atoms with Crippen LogP contribution >= 0.6 is 24.0 Å². The number of amides is 1. The van der Waals surface area contributed by atoms with Crippen molar-refractivity contribution < 1.29 is 18.7 Å². The molecule has 2 rings (SSSR count). The zero-order chi connectivity index (χ0) is 21.8. The molecule has 1 unspecified atom stereocenters. The van der Waals surface area contributed by atoms with Crippen LogP contribution in [0.5, 0.6) is 5.75 Å². The zero-order valence-electron chi connectivity index (χ0n) is 18.6. The second-order valence-corrected chi connectivity index (χ2v) is 7.18. The fourth-order valence-corrected chi connectivity index (χ4v) is 3.09. The van der Waals surface area contributed by atoms with Gasteiger partial charge in [-0.3, -0.25) is 9.69 Å². The molecule has 8 nitrogen and oxygen atoms in total. The van der Waals surface area contributed by atoms with Crippen molar-refractivity contribution in [2.24, 2.45) is 4.99 Å². The number of carbonyl (C=O) groups is 1. The Kier molecular flexibility index (Phi) is 13.4. The van der Waals surface area contributed by atoms with E-state index in [1.54, 1.807) is 19.2 Å². The molecular weight excluding hydrogens is 516 g/mol. The van der Waals surface area contributed by atoms with Gasteiger partial charge in [0.15, 0.2) is 5.96 Å². The number of aliphatic imine (C=N–C) groups is 1. The molecule has 1 heterocycles. The summed E-state index contributed by atoms with van der Waals surface area (Å²) in [5, 5.41) is 6.18. The Morgan fingerprint density at radius 3 is 2.48 bits per heavy atom. The molecule has 10 heteroatoms. The molecule has 0 aliphatic carbocycles. The number of carbonyl (C=O) groups excluding carboxylic acids is 1. The summed E-state index contributed by atoms with van der Waals surface area (Å²) in [5.41, 5.74) is 0. The molecule has 31 heavy (non-hydrogen) atoms. The lowest BCUT2D eigenvalue weighted by molar-refractivity contribution is -0.122. The lowest BCUT2D eigenvalue weighted by Gasteiger charge is -2.36. The van der Waals surface area contributed by atoms with Crippen LogP contribution in [0.4, 0.5) is 4.39 Å². The monoisotopic (exact) mass is 551 g/mol. The van der Waals surface area contributed by atoms with Crippen LogP contribution in [0.1, 0.15) is 13.8 Å². The van der Waals surface area contributed by atoms with Crippen LogP contribution in [0.2, 0.25) is 0 Å². The topological polar surface area (TPSA) is 78.4 Å². The number of halogens is 2. The fraction of sp³-hybridized carbons (Fsp3) is 0.619. The van der Waals surface area contributed by atoms with Gasteiger partial charge in [-0.1, -0.05) is 0 Å². The van der Waals surface area contributed by atoms with E-state index in [9.17, 15) is 9.18 Å². The number of hydrogen-bond acceptors (Lipinski definition) is 5. The molecule has 1 saturated heterocycles. The van der Waals surface area contributed by atoms with Gasteiger partial charge in [0, 0.05) is 46.4 Å². The minimum absolute atomic E-state index is 0. The molecule has 0 aromatic heterocycles. The lowest BCUT2D eigenvalue weighted by atomic mass is 10.3. The van der Waals surface area contributed by atoms with Crippen LogP contribution < -0.4 is 15.4 Å². The number of methoxy groups -OCH3 is 1. The number of guanidine groups is 1. The summed E-state index contributed by atoms with van der Waals surface area (Å²) >= 11 is 0. The van der Waals surface area contributed by atoms with Crippen LogP contribution in [-0.4, -0.2) is 93.8 Å². The fourth-order valence-electron chi connectivity index (χ4n) is 3.09. The van der Waals surface area contributed by atoms with Crippen LogP contribution in [0, 0.1) is 5.82 Å². The van der Waals surface area contributed by atoms with Gasteiger partial charge < -0.3 is 25.0 Å². The van der Waals surface area contributed by atoms with Crippen LogP contribution in [0.25, 0.3) is 0 Å². The molecule has 1 aromatic carbocycles. The smallest absolute Gasteiger partial charge is 0.234 e. The van der Waals surface area contributed by atoms with Crippen molar-refractivity contribution in [3.05, 3.63) is 30.1 Å². The maximum Gasteiger partial charge on any atom is 0.234 e. The Morgan fingerprint density at radius 1 is 1.19 bits per heavy atom. The average molecular weight is 551 g/mol. The molecule has 1 fully saturated rings. The standard InChI is InChI=1S/C21H34FN5O3.HI/c1-4-23-21(25-15-17(2)30-19-7-5-18(22)6-8-19)27-12-10-26(11-13-27)16-20(28)24-9-14-29-3;/h5-8,17H,4,9-16H2,1-3H3,(H,23,25)(H,24,28);1H. The molecule has 0 spiro atoms. The van der Waals surface area contributed by atoms with Crippen molar-refractivity contribution in [2.75, 3.05) is 66.1 Å². The minimum Gasteiger partial charge on any atom is -0.489 e. The van der Waals surface area contributed by atoms with Crippen molar-refractivity contribution >= 4 is 35.8 Å². The SMILES string of the molecule is CCNC(=NCC(C)Oc1ccc(F)cc1)N1CCN(CC(=O)NCCOC)CC1.I. The van der Waals surface area contributed by atoms with E-state index in [2.05, 4.69) is 20.4 Å². The Morgan fingerprint density at radius 2 is 1.87 bits per heavy atom. The summed E-state index contributed by atoms with van der Waals surface area (Å²) in [5.74, 6) is 1.21. The van der Waals surface area contributed by atoms with Crippen LogP contribution in [0.3, 0.4) is 0 Å². The number of nitrogens with zero attached hydrogens (tertiary/aromatic N) is 3. The normalized spacial score (nSPS) is 15.7. The van der Waals surface area contributed by atoms with Gasteiger partial charge in [0.05, 0.1) is 19.7 Å². The highest BCUT2D eigenvalue weighted by molar-refractivity contribution is 14.0. The van der Waals surface area contributed by atoms with Gasteiger partial charge in [-0.15, -0.1) is 24.0 Å². The number of rotatable bonds is 10. The molecule has 176 valence electrons. The molecule has 0 saturated carbocycles. The first-order valence-electron chi connectivity index (χ1n) is 10.4. The van der Waals surface area contributed by atoms with Crippen LogP contribution in [0.15, 0.2) is 29.3 Å². The van der Waals surface area contributed by atoms with E-state index in [4.69, 9.17) is 14.5 Å². The molecule has 1 aliphatic heterocycles. The van der Waals surface area contributed by atoms with Gasteiger partial charge in [-0.2, -0.15) is 0 Å². The van der Waals surface area contributed by atoms with Gasteiger partial charge >= 0.3 is 0 Å². The van der Waals surface area contributed by atoms with E-state index in [1.807, 2.05) is 13.8 Å². The first-order chi connectivity index (χ1) is 14.5. The maximum absolute atomic E-state index is 13.0. The first kappa shape index (κ1) is 27.4. The van der Waals surface area contributed by atoms with Crippen molar-refractivity contribution in [3.8, 4) is 5.75 Å². The predicted molar refractivity (Wildman–Crippen MR) is 131 cm³/mol. The molecular formula is C21H35FIN5O3. The molecule has 1 atom stereocenters. The third-order valence-electron chi connectivity index (χ3n) is 4.65. The third kappa shape index (κ3) is 10.5. The number of ether oxygens (including phenoxy) is 2. The lowest BCUT2D eigenvalue weighted by Crippen LogP contribution is -2.54. The molecule has 1 amide bonds. The molecule has 1 aliphatic rings. The molecule has 0 radical (unpaired) electrons. The van der Waals surface area contributed by atoms with Crippen molar-refractivity contribution in [1.29, 1.82) is 0 Å².